The van der Waals surface area contributed by atoms with Crippen LogP contribution in [0, 0.1) is 0 Å². The number of nitrogens with one attached hydrogen (secondary N) is 1. The third-order valence-electron chi connectivity index (χ3n) is 19.8. The number of ether oxygens (including phenoxy) is 6. The highest BCUT2D eigenvalue weighted by Gasteiger charge is 2.53. The van der Waals surface area contributed by atoms with Crippen LogP contribution in [-0.4, -0.2) is 193 Å². The summed E-state index contributed by atoms with van der Waals surface area (Å²) in [6, 6.07) is -0.969. The lowest BCUT2D eigenvalue weighted by molar-refractivity contribution is -0.379. The van der Waals surface area contributed by atoms with Crippen LogP contribution in [0.2, 0.25) is 0 Å². The molecule has 12 N–H and O–H groups in total. The van der Waals surface area contributed by atoms with Crippen LogP contribution < -0.4 is 5.32 Å². The van der Waals surface area contributed by atoms with Gasteiger partial charge < -0.3 is 89.9 Å². The fourth-order valence-corrected chi connectivity index (χ4v) is 13.5. The summed E-state index contributed by atoms with van der Waals surface area (Å²) in [5, 5.41) is 121. The van der Waals surface area contributed by atoms with Gasteiger partial charge in [0.2, 0.25) is 5.91 Å². The molecule has 3 rings (SSSR count). The van der Waals surface area contributed by atoms with Crippen molar-refractivity contribution in [1.29, 1.82) is 0 Å². The third-order valence-corrected chi connectivity index (χ3v) is 19.8. The molecule has 3 aliphatic rings. The van der Waals surface area contributed by atoms with Crippen LogP contribution in [0.15, 0.2) is 12.2 Å². The van der Waals surface area contributed by atoms with E-state index in [1.807, 2.05) is 6.08 Å². The van der Waals surface area contributed by atoms with Crippen LogP contribution in [0.1, 0.15) is 328 Å². The van der Waals surface area contributed by atoms with E-state index < -0.39 is 124 Å². The van der Waals surface area contributed by atoms with Crippen LogP contribution in [0.3, 0.4) is 0 Å². The Morgan fingerprint density at radius 2 is 0.660 bits per heavy atom. The quantitative estimate of drug-likeness (QED) is 0.0199. The first-order valence-corrected chi connectivity index (χ1v) is 38.9. The number of carbonyl (C=O) groups is 1. The number of hydrogen-bond acceptors (Lipinski definition) is 18. The molecule has 1 amide bonds. The van der Waals surface area contributed by atoms with Gasteiger partial charge in [-0.2, -0.15) is 0 Å². The maximum Gasteiger partial charge on any atom is 0.220 e. The Hall–Kier alpha value is -1.47. The van der Waals surface area contributed by atoms with Gasteiger partial charge in [-0.1, -0.05) is 315 Å². The predicted octanol–water partition coefficient (Wildman–Crippen LogP) is 12.0. The molecule has 19 nitrogen and oxygen atoms in total. The van der Waals surface area contributed by atoms with Gasteiger partial charge in [0.15, 0.2) is 18.9 Å². The van der Waals surface area contributed by atoms with Gasteiger partial charge in [0.05, 0.1) is 38.6 Å². The molecule has 19 heteroatoms. The number of aliphatic hydroxyl groups excluding tert-OH is 11. The maximum atomic E-state index is 13.4. The monoisotopic (exact) mass is 1350 g/mol. The number of hydrogen-bond donors (Lipinski definition) is 12. The maximum absolute atomic E-state index is 13.4. The van der Waals surface area contributed by atoms with Gasteiger partial charge in [-0.3, -0.25) is 4.79 Å². The third kappa shape index (κ3) is 37.8. The van der Waals surface area contributed by atoms with Crippen molar-refractivity contribution in [2.45, 2.75) is 433 Å². The van der Waals surface area contributed by atoms with Crippen molar-refractivity contribution in [1.82, 2.24) is 5.32 Å². The fourth-order valence-electron chi connectivity index (χ4n) is 13.5. The van der Waals surface area contributed by atoms with Crippen molar-refractivity contribution >= 4 is 5.91 Å². The van der Waals surface area contributed by atoms with Gasteiger partial charge in [0.25, 0.3) is 0 Å². The normalized spacial score (nSPS) is 27.4. The molecule has 0 saturated carbocycles. The average Bonchev–Trinajstić information content (AvgIpc) is 0.787. The molecule has 0 spiro atoms. The standard InChI is InChI=1S/C75H143NO18/c1-3-5-7-9-11-13-15-17-19-21-22-23-24-25-26-27-28-29-30-31-32-33-34-35-37-39-41-43-45-47-49-51-53-63(81)76-58(59(80)52-50-48-46-44-42-40-38-36-20-18-16-14-12-10-8-6-4-2)57-89-73-69(87)66(84)71(61(55-78)91-73)94-75-70(88)67(85)72(62(56-79)92-75)93-74-68(86)65(83)64(82)60(54-77)90-74/h50,52,58-62,64-75,77-80,82-88H,3-49,51,53-57H2,1-2H3,(H,76,81)/b52-50+. The number of amides is 1. The van der Waals surface area contributed by atoms with Crippen molar-refractivity contribution < 1.29 is 89.4 Å². The molecule has 3 saturated heterocycles. The van der Waals surface area contributed by atoms with E-state index in [9.17, 15) is 61.0 Å². The van der Waals surface area contributed by atoms with Crippen LogP contribution in [-0.2, 0) is 33.2 Å². The van der Waals surface area contributed by atoms with E-state index in [4.69, 9.17) is 28.4 Å². The van der Waals surface area contributed by atoms with Crippen molar-refractivity contribution in [2.24, 2.45) is 0 Å². The van der Waals surface area contributed by atoms with Crippen LogP contribution in [0.25, 0.3) is 0 Å². The smallest absolute Gasteiger partial charge is 0.220 e. The van der Waals surface area contributed by atoms with Crippen molar-refractivity contribution in [3.63, 3.8) is 0 Å². The van der Waals surface area contributed by atoms with E-state index in [0.29, 0.717) is 6.42 Å². The highest BCUT2D eigenvalue weighted by Crippen LogP contribution is 2.33. The van der Waals surface area contributed by atoms with Crippen LogP contribution in [0.5, 0.6) is 0 Å². The van der Waals surface area contributed by atoms with Gasteiger partial charge in [-0.15, -0.1) is 0 Å². The number of unbranched alkanes of at least 4 members (excludes halogenated alkanes) is 46. The van der Waals surface area contributed by atoms with E-state index in [1.165, 1.54) is 257 Å². The largest absolute Gasteiger partial charge is 0.394 e. The van der Waals surface area contributed by atoms with E-state index in [-0.39, 0.29) is 18.9 Å². The molecule has 3 aliphatic heterocycles. The molecule has 17 unspecified atom stereocenters. The second kappa shape index (κ2) is 57.2. The molecule has 0 aromatic heterocycles. The number of rotatable bonds is 62. The summed E-state index contributed by atoms with van der Waals surface area (Å²) < 4.78 is 34.4. The summed E-state index contributed by atoms with van der Waals surface area (Å²) in [6.07, 6.45) is 39.2. The number of carbonyl (C=O) groups excluding carboxylic acids is 1. The lowest BCUT2D eigenvalue weighted by atomic mass is 9.96. The van der Waals surface area contributed by atoms with Crippen LogP contribution >= 0.6 is 0 Å². The molecule has 0 aromatic rings. The molecule has 0 aliphatic carbocycles. The topological polar surface area (TPSA) is 307 Å². The first-order valence-electron chi connectivity index (χ1n) is 38.9. The number of aliphatic hydroxyl groups is 11. The van der Waals surface area contributed by atoms with Crippen molar-refractivity contribution in [2.75, 3.05) is 26.4 Å². The van der Waals surface area contributed by atoms with Gasteiger partial charge in [0, 0.05) is 6.42 Å². The zero-order chi connectivity index (χ0) is 68.2. The summed E-state index contributed by atoms with van der Waals surface area (Å²) in [5.74, 6) is -0.267. The molecular weight excluding hydrogens is 1200 g/mol. The molecular formula is C75H143NO18. The zero-order valence-electron chi connectivity index (χ0n) is 59.2. The predicted molar refractivity (Wildman–Crippen MR) is 370 cm³/mol. The Bertz CT molecular complexity index is 1750. The fraction of sp³-hybridized carbons (Fsp3) is 0.960. The van der Waals surface area contributed by atoms with Gasteiger partial charge in [0.1, 0.15) is 73.2 Å². The molecule has 3 heterocycles. The minimum atomic E-state index is -1.98. The lowest BCUT2D eigenvalue weighted by Gasteiger charge is -2.48. The second-order valence-electron chi connectivity index (χ2n) is 28.2. The minimum absolute atomic E-state index is 0.250. The molecule has 0 aromatic carbocycles. The minimum Gasteiger partial charge on any atom is -0.394 e. The Labute approximate surface area is 569 Å². The van der Waals surface area contributed by atoms with Crippen molar-refractivity contribution in [3.05, 3.63) is 12.2 Å². The molecule has 94 heavy (non-hydrogen) atoms. The van der Waals surface area contributed by atoms with Gasteiger partial charge in [-0.25, -0.2) is 0 Å². The van der Waals surface area contributed by atoms with Gasteiger partial charge >= 0.3 is 0 Å². The average molecular weight is 1350 g/mol. The van der Waals surface area contributed by atoms with E-state index >= 15 is 0 Å². The summed E-state index contributed by atoms with van der Waals surface area (Å²) >= 11 is 0. The summed E-state index contributed by atoms with van der Waals surface area (Å²) in [7, 11) is 0. The van der Waals surface area contributed by atoms with Gasteiger partial charge in [-0.05, 0) is 19.3 Å². The summed E-state index contributed by atoms with van der Waals surface area (Å²) in [6.45, 7) is 1.79. The molecule has 0 radical (unpaired) electrons. The Kier molecular flexibility index (Phi) is 52.8. The highest BCUT2D eigenvalue weighted by atomic mass is 16.8. The van der Waals surface area contributed by atoms with E-state index in [2.05, 4.69) is 19.2 Å². The lowest BCUT2D eigenvalue weighted by Crippen LogP contribution is -2.66. The first-order chi connectivity index (χ1) is 45.8. The molecule has 17 atom stereocenters. The Balaban J connectivity index is 1.35. The zero-order valence-corrected chi connectivity index (χ0v) is 59.2. The number of allylic oxidation sites excluding steroid dienone is 1. The second-order valence-corrected chi connectivity index (χ2v) is 28.2. The molecule has 0 bridgehead atoms. The van der Waals surface area contributed by atoms with E-state index in [0.717, 1.165) is 44.9 Å². The molecule has 3 fully saturated rings. The Morgan fingerprint density at radius 3 is 1.00 bits per heavy atom. The molecule has 556 valence electrons. The van der Waals surface area contributed by atoms with E-state index in [1.54, 1.807) is 6.08 Å². The van der Waals surface area contributed by atoms with Crippen molar-refractivity contribution in [3.8, 4) is 0 Å². The Morgan fingerprint density at radius 1 is 0.372 bits per heavy atom. The van der Waals surface area contributed by atoms with Crippen LogP contribution in [0.4, 0.5) is 0 Å². The highest BCUT2D eigenvalue weighted by molar-refractivity contribution is 5.76. The summed E-state index contributed by atoms with van der Waals surface area (Å²) in [5.41, 5.74) is 0. The summed E-state index contributed by atoms with van der Waals surface area (Å²) in [4.78, 5) is 13.4. The first kappa shape index (κ1) is 86.8. The SMILES string of the molecule is CCCCCCCCCCCCCCCCC/C=C/C(O)C(COC1OC(CO)C(OC2OC(CO)C(OC3OC(CO)C(O)C(O)C3O)C(O)C2O)C(O)C1O)NC(=O)CCCCCCCCCCCCCCCCCCCCCCCCCCCCCCCCCC.